The van der Waals surface area contributed by atoms with Gasteiger partial charge in [0, 0.05) is 11.9 Å². The summed E-state index contributed by atoms with van der Waals surface area (Å²) in [5, 5.41) is 2.51. The van der Waals surface area contributed by atoms with E-state index in [1.807, 2.05) is 37.3 Å². The highest BCUT2D eigenvalue weighted by Crippen LogP contribution is 2.19. The Morgan fingerprint density at radius 1 is 1.25 bits per heavy atom. The number of nitrogens with zero attached hydrogens (tertiary/aromatic N) is 2. The Labute approximate surface area is 138 Å². The van der Waals surface area contributed by atoms with Crippen LogP contribution in [0, 0.1) is 12.7 Å². The van der Waals surface area contributed by atoms with Crippen molar-refractivity contribution < 1.29 is 13.9 Å². The highest BCUT2D eigenvalue weighted by molar-refractivity contribution is 5.84. The van der Waals surface area contributed by atoms with E-state index in [2.05, 4.69) is 10.3 Å². The molecule has 0 saturated heterocycles. The molecule has 0 aliphatic rings. The Morgan fingerprint density at radius 2 is 2.04 bits per heavy atom. The van der Waals surface area contributed by atoms with Gasteiger partial charge in [0.05, 0.1) is 17.7 Å². The van der Waals surface area contributed by atoms with Crippen molar-refractivity contribution in [1.29, 1.82) is 0 Å². The number of carbonyl (C=O) groups is 1. The van der Waals surface area contributed by atoms with E-state index >= 15 is 0 Å². The second-order valence-electron chi connectivity index (χ2n) is 5.28. The summed E-state index contributed by atoms with van der Waals surface area (Å²) in [5.74, 6) is -0.465. The van der Waals surface area contributed by atoms with Gasteiger partial charge in [-0.05, 0) is 30.7 Å². The number of carbonyl (C=O) groups excluding carboxylic acids is 1. The van der Waals surface area contributed by atoms with Crippen LogP contribution in [0.4, 0.5) is 14.9 Å². The molecule has 24 heavy (non-hydrogen) atoms. The number of nitrogens with one attached hydrogen (secondary N) is 1. The first-order valence-electron chi connectivity index (χ1n) is 7.40. The molecule has 1 N–H and O–H groups in total. The summed E-state index contributed by atoms with van der Waals surface area (Å²) in [7, 11) is 0. The first-order chi connectivity index (χ1) is 11.6. The maximum atomic E-state index is 14.2. The van der Waals surface area contributed by atoms with E-state index in [4.69, 9.17) is 4.74 Å². The van der Waals surface area contributed by atoms with Crippen molar-refractivity contribution in [3.8, 4) is 5.69 Å². The molecule has 3 aromatic rings. The van der Waals surface area contributed by atoms with Gasteiger partial charge in [-0.25, -0.2) is 14.2 Å². The Kier molecular flexibility index (Phi) is 4.56. The minimum Gasteiger partial charge on any atom is -0.444 e. The fraction of sp³-hybridized carbons (Fsp3) is 0.111. The summed E-state index contributed by atoms with van der Waals surface area (Å²) < 4.78 is 20.9. The Bertz CT molecular complexity index is 846. The Hall–Kier alpha value is -3.15. The minimum atomic E-state index is -0.635. The van der Waals surface area contributed by atoms with Crippen LogP contribution in [0.1, 0.15) is 11.3 Å². The molecule has 0 saturated carbocycles. The number of hydrogen-bond donors (Lipinski definition) is 1. The Balaban J connectivity index is 1.63. The van der Waals surface area contributed by atoms with Crippen LogP contribution in [0.2, 0.25) is 0 Å². The largest absolute Gasteiger partial charge is 0.444 e. The molecule has 1 aromatic heterocycles. The molecular weight excluding hydrogens is 309 g/mol. The lowest BCUT2D eigenvalue weighted by atomic mass is 10.2. The number of halogens is 1. The first kappa shape index (κ1) is 15.7. The fourth-order valence-corrected chi connectivity index (χ4v) is 2.22. The zero-order valence-corrected chi connectivity index (χ0v) is 13.1. The van der Waals surface area contributed by atoms with E-state index in [1.54, 1.807) is 22.9 Å². The number of imidazole rings is 1. The van der Waals surface area contributed by atoms with E-state index in [1.165, 1.54) is 12.4 Å². The number of aromatic nitrogens is 2. The van der Waals surface area contributed by atoms with Gasteiger partial charge in [0.1, 0.15) is 12.4 Å². The van der Waals surface area contributed by atoms with Crippen molar-refractivity contribution in [3.05, 3.63) is 78.1 Å². The molecule has 2 aromatic carbocycles. The maximum absolute atomic E-state index is 14.2. The van der Waals surface area contributed by atoms with Gasteiger partial charge in [0.25, 0.3) is 0 Å². The van der Waals surface area contributed by atoms with Gasteiger partial charge in [0.15, 0.2) is 0 Å². The molecule has 0 spiro atoms. The van der Waals surface area contributed by atoms with Crippen LogP contribution in [0.15, 0.2) is 61.1 Å². The number of rotatable bonds is 4. The monoisotopic (exact) mass is 325 g/mol. The smallest absolute Gasteiger partial charge is 0.411 e. The Morgan fingerprint density at radius 3 is 2.71 bits per heavy atom. The summed E-state index contributed by atoms with van der Waals surface area (Å²) in [6, 6.07) is 13.7. The molecule has 3 rings (SSSR count). The van der Waals surface area contributed by atoms with Crippen molar-refractivity contribution in [2.24, 2.45) is 0 Å². The fourth-order valence-electron chi connectivity index (χ4n) is 2.22. The van der Waals surface area contributed by atoms with Crippen LogP contribution in [-0.2, 0) is 11.3 Å². The lowest BCUT2D eigenvalue weighted by Gasteiger charge is -2.09. The van der Waals surface area contributed by atoms with E-state index in [-0.39, 0.29) is 6.61 Å². The summed E-state index contributed by atoms with van der Waals surface area (Å²) in [6.45, 7) is 1.98. The molecule has 1 heterocycles. The van der Waals surface area contributed by atoms with Crippen LogP contribution in [-0.4, -0.2) is 15.6 Å². The van der Waals surface area contributed by atoms with Gasteiger partial charge in [-0.2, -0.15) is 0 Å². The zero-order chi connectivity index (χ0) is 16.9. The quantitative estimate of drug-likeness (QED) is 0.787. The summed E-state index contributed by atoms with van der Waals surface area (Å²) >= 11 is 0. The molecule has 0 aliphatic carbocycles. The summed E-state index contributed by atoms with van der Waals surface area (Å²) in [6.07, 6.45) is 2.62. The standard InChI is InChI=1S/C18H16FN3O2/c1-13-10-22(12-20-13)17-8-7-15(9-16(17)19)21-18(23)24-11-14-5-3-2-4-6-14/h2-10,12H,11H2,1H3,(H,21,23). The summed E-state index contributed by atoms with van der Waals surface area (Å²) in [4.78, 5) is 15.8. The third kappa shape index (κ3) is 3.78. The lowest BCUT2D eigenvalue weighted by Crippen LogP contribution is -2.13. The normalized spacial score (nSPS) is 10.4. The molecule has 0 bridgehead atoms. The van der Waals surface area contributed by atoms with Gasteiger partial charge in [-0.1, -0.05) is 30.3 Å². The molecule has 0 fully saturated rings. The van der Waals surface area contributed by atoms with Crippen molar-refractivity contribution >= 4 is 11.8 Å². The third-order valence-corrected chi connectivity index (χ3v) is 3.40. The number of ether oxygens (including phenoxy) is 1. The number of anilines is 1. The molecular formula is C18H16FN3O2. The van der Waals surface area contributed by atoms with E-state index in [0.717, 1.165) is 11.3 Å². The molecule has 0 atom stereocenters. The van der Waals surface area contributed by atoms with Crippen LogP contribution >= 0.6 is 0 Å². The van der Waals surface area contributed by atoms with Crippen LogP contribution < -0.4 is 5.32 Å². The molecule has 5 nitrogen and oxygen atoms in total. The second kappa shape index (κ2) is 6.95. The number of amides is 1. The van der Waals surface area contributed by atoms with Crippen LogP contribution in [0.3, 0.4) is 0 Å². The topological polar surface area (TPSA) is 56.2 Å². The van der Waals surface area contributed by atoms with E-state index < -0.39 is 11.9 Å². The minimum absolute atomic E-state index is 0.154. The average molecular weight is 325 g/mol. The first-order valence-corrected chi connectivity index (χ1v) is 7.40. The van der Waals surface area contributed by atoms with E-state index in [0.29, 0.717) is 11.4 Å². The predicted octanol–water partition coefficient (Wildman–Crippen LogP) is 4.07. The predicted molar refractivity (Wildman–Crippen MR) is 88.5 cm³/mol. The van der Waals surface area contributed by atoms with Gasteiger partial charge in [-0.15, -0.1) is 0 Å². The molecule has 0 unspecified atom stereocenters. The summed E-state index contributed by atoms with van der Waals surface area (Å²) in [5.41, 5.74) is 2.36. The average Bonchev–Trinajstić information content (AvgIpc) is 3.00. The highest BCUT2D eigenvalue weighted by atomic mass is 19.1. The maximum Gasteiger partial charge on any atom is 0.411 e. The van der Waals surface area contributed by atoms with Crippen molar-refractivity contribution in [2.75, 3.05) is 5.32 Å². The van der Waals surface area contributed by atoms with Gasteiger partial charge in [0.2, 0.25) is 0 Å². The van der Waals surface area contributed by atoms with Gasteiger partial charge < -0.3 is 9.30 Å². The molecule has 122 valence electrons. The van der Waals surface area contributed by atoms with Crippen LogP contribution in [0.25, 0.3) is 5.69 Å². The third-order valence-electron chi connectivity index (χ3n) is 3.40. The molecule has 1 amide bonds. The van der Waals surface area contributed by atoms with Crippen molar-refractivity contribution in [3.63, 3.8) is 0 Å². The van der Waals surface area contributed by atoms with Crippen molar-refractivity contribution in [2.45, 2.75) is 13.5 Å². The lowest BCUT2D eigenvalue weighted by molar-refractivity contribution is 0.155. The number of hydrogen-bond acceptors (Lipinski definition) is 3. The second-order valence-corrected chi connectivity index (χ2v) is 5.28. The number of aryl methyl sites for hydroxylation is 1. The molecule has 6 heteroatoms. The van der Waals surface area contributed by atoms with Crippen molar-refractivity contribution in [1.82, 2.24) is 9.55 Å². The number of benzene rings is 2. The molecule has 0 aliphatic heterocycles. The zero-order valence-electron chi connectivity index (χ0n) is 13.1. The molecule has 0 radical (unpaired) electrons. The van der Waals surface area contributed by atoms with Crippen LogP contribution in [0.5, 0.6) is 0 Å². The van der Waals surface area contributed by atoms with E-state index in [9.17, 15) is 9.18 Å². The van der Waals surface area contributed by atoms with Gasteiger partial charge >= 0.3 is 6.09 Å². The van der Waals surface area contributed by atoms with Gasteiger partial charge in [-0.3, -0.25) is 5.32 Å². The highest BCUT2D eigenvalue weighted by Gasteiger charge is 2.09. The SMILES string of the molecule is Cc1cn(-c2ccc(NC(=O)OCc3ccccc3)cc2F)cn1.